The Morgan fingerprint density at radius 1 is 1.25 bits per heavy atom. The maximum atomic E-state index is 11.8. The van der Waals surface area contributed by atoms with Gasteiger partial charge in [0.15, 0.2) is 0 Å². The Hall–Kier alpha value is -2.24. The van der Waals surface area contributed by atoms with Crippen molar-refractivity contribution >= 4 is 11.9 Å². The summed E-state index contributed by atoms with van der Waals surface area (Å²) in [5.74, 6) is -2.50. The lowest BCUT2D eigenvalue weighted by atomic mass is 9.97. The van der Waals surface area contributed by atoms with E-state index in [0.717, 1.165) is 6.07 Å². The van der Waals surface area contributed by atoms with Gasteiger partial charge in [0.05, 0.1) is 11.5 Å². The van der Waals surface area contributed by atoms with Crippen LogP contribution in [0.2, 0.25) is 0 Å². The molecular formula is C14H19NO5. The second-order valence-electron chi connectivity index (χ2n) is 5.08. The molecule has 0 spiro atoms. The average Bonchev–Trinajstić information content (AvgIpc) is 2.33. The molecule has 0 heterocycles. The molecule has 6 heteroatoms. The molecule has 1 aromatic rings. The first-order chi connectivity index (χ1) is 9.31. The third-order valence-corrected chi connectivity index (χ3v) is 2.84. The molecule has 0 aromatic heterocycles. The van der Waals surface area contributed by atoms with E-state index >= 15 is 0 Å². The summed E-state index contributed by atoms with van der Waals surface area (Å²) in [5.41, 5.74) is -0.00325. The molecule has 0 saturated carbocycles. The maximum Gasteiger partial charge on any atom is 0.308 e. The number of phenols is 2. The Morgan fingerprint density at radius 2 is 1.90 bits per heavy atom. The lowest BCUT2D eigenvalue weighted by molar-refractivity contribution is -0.142. The van der Waals surface area contributed by atoms with E-state index in [0.29, 0.717) is 6.42 Å². The van der Waals surface area contributed by atoms with Crippen molar-refractivity contribution in [3.8, 4) is 11.5 Å². The molecule has 1 rings (SSSR count). The standard InChI is InChI=1S/C14H19NO5/c1-8(2)5-9(14(19)20)7-15-13(18)11-4-3-10(16)6-12(11)17/h3-4,6,8-9,16-17H,5,7H2,1-2H3,(H,15,18)(H,19,20). The van der Waals surface area contributed by atoms with Crippen LogP contribution in [0.4, 0.5) is 0 Å². The van der Waals surface area contributed by atoms with Crippen molar-refractivity contribution in [1.82, 2.24) is 5.32 Å². The first-order valence-corrected chi connectivity index (χ1v) is 6.34. The van der Waals surface area contributed by atoms with E-state index < -0.39 is 17.8 Å². The summed E-state index contributed by atoms with van der Waals surface area (Å²) in [4.78, 5) is 22.9. The summed E-state index contributed by atoms with van der Waals surface area (Å²) in [5, 5.41) is 30.2. The van der Waals surface area contributed by atoms with Crippen LogP contribution in [0.15, 0.2) is 18.2 Å². The van der Waals surface area contributed by atoms with Crippen molar-refractivity contribution in [2.24, 2.45) is 11.8 Å². The summed E-state index contributed by atoms with van der Waals surface area (Å²) >= 11 is 0. The molecule has 110 valence electrons. The molecular weight excluding hydrogens is 262 g/mol. The summed E-state index contributed by atoms with van der Waals surface area (Å²) in [6.45, 7) is 3.81. The lowest BCUT2D eigenvalue weighted by Gasteiger charge is -2.15. The quantitative estimate of drug-likeness (QED) is 0.633. The fourth-order valence-corrected chi connectivity index (χ4v) is 1.86. The van der Waals surface area contributed by atoms with Crippen molar-refractivity contribution < 1.29 is 24.9 Å². The van der Waals surface area contributed by atoms with Crippen molar-refractivity contribution in [3.63, 3.8) is 0 Å². The highest BCUT2D eigenvalue weighted by molar-refractivity contribution is 5.97. The summed E-state index contributed by atoms with van der Waals surface area (Å²) < 4.78 is 0. The van der Waals surface area contributed by atoms with Gasteiger partial charge in [-0.3, -0.25) is 9.59 Å². The van der Waals surface area contributed by atoms with Crippen molar-refractivity contribution in [1.29, 1.82) is 0 Å². The largest absolute Gasteiger partial charge is 0.508 e. The number of aliphatic carboxylic acids is 1. The SMILES string of the molecule is CC(C)CC(CNC(=O)c1ccc(O)cc1O)C(=O)O. The highest BCUT2D eigenvalue weighted by atomic mass is 16.4. The Bertz CT molecular complexity index is 498. The average molecular weight is 281 g/mol. The van der Waals surface area contributed by atoms with E-state index in [1.165, 1.54) is 12.1 Å². The fraction of sp³-hybridized carbons (Fsp3) is 0.429. The monoisotopic (exact) mass is 281 g/mol. The molecule has 1 aromatic carbocycles. The van der Waals surface area contributed by atoms with Gasteiger partial charge in [0.2, 0.25) is 0 Å². The van der Waals surface area contributed by atoms with Crippen molar-refractivity contribution in [3.05, 3.63) is 23.8 Å². The number of nitrogens with one attached hydrogen (secondary N) is 1. The van der Waals surface area contributed by atoms with Crippen molar-refractivity contribution in [2.45, 2.75) is 20.3 Å². The maximum absolute atomic E-state index is 11.8. The second-order valence-corrected chi connectivity index (χ2v) is 5.08. The van der Waals surface area contributed by atoms with E-state index in [4.69, 9.17) is 10.2 Å². The Balaban J connectivity index is 2.68. The number of rotatable bonds is 6. The Morgan fingerprint density at radius 3 is 2.40 bits per heavy atom. The number of phenolic OH excluding ortho intramolecular Hbond substituents is 2. The van der Waals surface area contributed by atoms with Gasteiger partial charge in [-0.2, -0.15) is 0 Å². The topological polar surface area (TPSA) is 107 Å². The van der Waals surface area contributed by atoms with E-state index in [1.807, 2.05) is 13.8 Å². The molecule has 20 heavy (non-hydrogen) atoms. The summed E-state index contributed by atoms with van der Waals surface area (Å²) in [7, 11) is 0. The Labute approximate surface area is 117 Å². The number of carboxylic acid groups (broad SMARTS) is 1. The van der Waals surface area contributed by atoms with Crippen LogP contribution in [0.3, 0.4) is 0 Å². The van der Waals surface area contributed by atoms with Gasteiger partial charge < -0.3 is 20.6 Å². The van der Waals surface area contributed by atoms with Crippen LogP contribution in [0, 0.1) is 11.8 Å². The third-order valence-electron chi connectivity index (χ3n) is 2.84. The third kappa shape index (κ3) is 4.46. The van der Waals surface area contributed by atoms with Gasteiger partial charge in [0.1, 0.15) is 11.5 Å². The highest BCUT2D eigenvalue weighted by Gasteiger charge is 2.20. The van der Waals surface area contributed by atoms with Crippen LogP contribution in [-0.2, 0) is 4.79 Å². The zero-order valence-corrected chi connectivity index (χ0v) is 11.5. The molecule has 1 amide bonds. The van der Waals surface area contributed by atoms with Gasteiger partial charge in [-0.15, -0.1) is 0 Å². The normalized spacial score (nSPS) is 12.2. The lowest BCUT2D eigenvalue weighted by Crippen LogP contribution is -2.33. The minimum atomic E-state index is -0.964. The first kappa shape index (κ1) is 15.8. The van der Waals surface area contributed by atoms with E-state index in [9.17, 15) is 14.7 Å². The summed E-state index contributed by atoms with van der Waals surface area (Å²) in [6.07, 6.45) is 0.456. The van der Waals surface area contributed by atoms with E-state index in [1.54, 1.807) is 0 Å². The number of benzene rings is 1. The van der Waals surface area contributed by atoms with Gasteiger partial charge in [-0.25, -0.2) is 0 Å². The molecule has 0 aliphatic heterocycles. The molecule has 0 saturated heterocycles. The molecule has 0 fully saturated rings. The zero-order valence-electron chi connectivity index (χ0n) is 11.5. The fourth-order valence-electron chi connectivity index (χ4n) is 1.86. The van der Waals surface area contributed by atoms with Gasteiger partial charge in [0, 0.05) is 12.6 Å². The van der Waals surface area contributed by atoms with Gasteiger partial charge in [-0.05, 0) is 24.5 Å². The van der Waals surface area contributed by atoms with Crippen LogP contribution in [-0.4, -0.2) is 33.7 Å². The van der Waals surface area contributed by atoms with Gasteiger partial charge >= 0.3 is 5.97 Å². The molecule has 0 aliphatic rings. The van der Waals surface area contributed by atoms with Crippen LogP contribution < -0.4 is 5.32 Å². The molecule has 1 atom stereocenters. The van der Waals surface area contributed by atoms with E-state index in [2.05, 4.69) is 5.32 Å². The number of amides is 1. The minimum absolute atomic E-state index is 0.00325. The van der Waals surface area contributed by atoms with Gasteiger partial charge in [-0.1, -0.05) is 13.8 Å². The number of carboxylic acids is 1. The number of hydrogen-bond donors (Lipinski definition) is 4. The smallest absolute Gasteiger partial charge is 0.308 e. The minimum Gasteiger partial charge on any atom is -0.508 e. The number of carbonyl (C=O) groups excluding carboxylic acids is 1. The number of hydrogen-bond acceptors (Lipinski definition) is 4. The molecule has 4 N–H and O–H groups in total. The van der Waals surface area contributed by atoms with E-state index in [-0.39, 0.29) is 29.5 Å². The van der Waals surface area contributed by atoms with Crippen molar-refractivity contribution in [2.75, 3.05) is 6.54 Å². The predicted molar refractivity (Wildman–Crippen MR) is 72.7 cm³/mol. The molecule has 1 unspecified atom stereocenters. The molecule has 0 aliphatic carbocycles. The van der Waals surface area contributed by atoms with Crippen LogP contribution in [0.25, 0.3) is 0 Å². The molecule has 6 nitrogen and oxygen atoms in total. The Kier molecular flexibility index (Phi) is 5.37. The van der Waals surface area contributed by atoms with Crippen LogP contribution in [0.5, 0.6) is 11.5 Å². The second kappa shape index (κ2) is 6.79. The molecule has 0 bridgehead atoms. The predicted octanol–water partition coefficient (Wildman–Crippen LogP) is 1.57. The first-order valence-electron chi connectivity index (χ1n) is 6.34. The van der Waals surface area contributed by atoms with Crippen LogP contribution >= 0.6 is 0 Å². The highest BCUT2D eigenvalue weighted by Crippen LogP contribution is 2.22. The van der Waals surface area contributed by atoms with Gasteiger partial charge in [0.25, 0.3) is 5.91 Å². The number of aromatic hydroxyl groups is 2. The summed E-state index contributed by atoms with van der Waals surface area (Å²) in [6, 6.07) is 3.60. The van der Waals surface area contributed by atoms with Crippen LogP contribution in [0.1, 0.15) is 30.6 Å². The number of carbonyl (C=O) groups is 2. The zero-order chi connectivity index (χ0) is 15.3. The molecule has 0 radical (unpaired) electrons.